The predicted molar refractivity (Wildman–Crippen MR) is 97.3 cm³/mol. The second-order valence-corrected chi connectivity index (χ2v) is 8.26. The number of hydrogen-bond acceptors (Lipinski definition) is 3. The van der Waals surface area contributed by atoms with E-state index in [1.165, 1.54) is 40.3 Å². The molecule has 0 bridgehead atoms. The molecule has 1 aliphatic heterocycles. The Morgan fingerprint density at radius 1 is 1.17 bits per heavy atom. The van der Waals surface area contributed by atoms with E-state index in [0.717, 1.165) is 31.3 Å². The van der Waals surface area contributed by atoms with Crippen molar-refractivity contribution in [1.82, 2.24) is 10.3 Å². The molecule has 1 aliphatic carbocycles. The van der Waals surface area contributed by atoms with Gasteiger partial charge >= 0.3 is 0 Å². The van der Waals surface area contributed by atoms with Gasteiger partial charge in [0.25, 0.3) is 5.91 Å². The predicted octanol–water partition coefficient (Wildman–Crippen LogP) is 2.46. The summed E-state index contributed by atoms with van der Waals surface area (Å²) in [5, 5.41) is 4.47. The standard InChI is InChI=1S/C19H25N3OS/c23-18(20-14-7-2-1-3-8-14)13-22-12-6-10-16(22)19-21-15-9-4-5-11-17(15)24-19/h4-5,9,11,14,16H,1-3,6-8,10,12-13H2,(H,20,23)/p+1/t16-/m0/s1. The van der Waals surface area contributed by atoms with Crippen molar-refractivity contribution in [2.45, 2.75) is 57.0 Å². The number of para-hydroxylation sites is 1. The van der Waals surface area contributed by atoms with Gasteiger partial charge in [0.1, 0.15) is 6.04 Å². The van der Waals surface area contributed by atoms with E-state index in [1.54, 1.807) is 11.3 Å². The summed E-state index contributed by atoms with van der Waals surface area (Å²) in [6, 6.07) is 9.14. The van der Waals surface area contributed by atoms with Crippen molar-refractivity contribution < 1.29 is 9.69 Å². The average molecular weight is 345 g/mol. The number of thiazole rings is 1. The monoisotopic (exact) mass is 344 g/mol. The summed E-state index contributed by atoms with van der Waals surface area (Å²) in [5.41, 5.74) is 1.09. The third-order valence-electron chi connectivity index (χ3n) is 5.45. The number of aromatic nitrogens is 1. The molecule has 1 amide bonds. The van der Waals surface area contributed by atoms with E-state index in [9.17, 15) is 4.79 Å². The van der Waals surface area contributed by atoms with E-state index in [2.05, 4.69) is 23.5 Å². The summed E-state index contributed by atoms with van der Waals surface area (Å²) in [4.78, 5) is 18.7. The van der Waals surface area contributed by atoms with Crippen molar-refractivity contribution in [2.75, 3.05) is 13.1 Å². The third kappa shape index (κ3) is 3.47. The van der Waals surface area contributed by atoms with Crippen LogP contribution < -0.4 is 10.2 Å². The summed E-state index contributed by atoms with van der Waals surface area (Å²) in [6.45, 7) is 1.68. The molecule has 2 aromatic rings. The lowest BCUT2D eigenvalue weighted by Crippen LogP contribution is -3.11. The maximum atomic E-state index is 12.5. The lowest BCUT2D eigenvalue weighted by molar-refractivity contribution is -0.910. The number of quaternary nitrogens is 1. The van der Waals surface area contributed by atoms with Gasteiger partial charge in [-0.05, 0) is 25.0 Å². The lowest BCUT2D eigenvalue weighted by atomic mass is 9.95. The van der Waals surface area contributed by atoms with Gasteiger partial charge in [-0.3, -0.25) is 4.79 Å². The van der Waals surface area contributed by atoms with Gasteiger partial charge in [0.15, 0.2) is 11.6 Å². The van der Waals surface area contributed by atoms with Crippen molar-refractivity contribution >= 4 is 27.5 Å². The van der Waals surface area contributed by atoms with E-state index in [0.29, 0.717) is 18.6 Å². The Labute approximate surface area is 147 Å². The van der Waals surface area contributed by atoms with Crippen molar-refractivity contribution in [3.8, 4) is 0 Å². The first kappa shape index (κ1) is 16.0. The molecule has 1 unspecified atom stereocenters. The Morgan fingerprint density at radius 3 is 2.83 bits per heavy atom. The van der Waals surface area contributed by atoms with Crippen LogP contribution in [-0.4, -0.2) is 30.0 Å². The molecule has 1 aromatic carbocycles. The van der Waals surface area contributed by atoms with Crippen LogP contribution >= 0.6 is 11.3 Å². The third-order valence-corrected chi connectivity index (χ3v) is 6.60. The topological polar surface area (TPSA) is 46.4 Å². The fourth-order valence-corrected chi connectivity index (χ4v) is 5.35. The molecule has 0 spiro atoms. The second kappa shape index (κ2) is 7.19. The van der Waals surface area contributed by atoms with Crippen LogP contribution in [0.5, 0.6) is 0 Å². The zero-order chi connectivity index (χ0) is 16.4. The SMILES string of the molecule is O=C(C[NH+]1CCC[C@H]1c1nc2ccccc2s1)NC1CCCCC1. The van der Waals surface area contributed by atoms with Crippen LogP contribution in [0.4, 0.5) is 0 Å². The highest BCUT2D eigenvalue weighted by Crippen LogP contribution is 2.28. The van der Waals surface area contributed by atoms with Gasteiger partial charge in [0, 0.05) is 18.9 Å². The Kier molecular flexibility index (Phi) is 4.81. The molecule has 1 aromatic heterocycles. The number of nitrogens with zero attached hydrogens (tertiary/aromatic N) is 1. The van der Waals surface area contributed by atoms with E-state index < -0.39 is 0 Å². The number of carbonyl (C=O) groups is 1. The van der Waals surface area contributed by atoms with Gasteiger partial charge < -0.3 is 10.2 Å². The van der Waals surface area contributed by atoms with Crippen LogP contribution in [0.3, 0.4) is 0 Å². The fourth-order valence-electron chi connectivity index (χ4n) is 4.19. The molecule has 4 nitrogen and oxygen atoms in total. The highest BCUT2D eigenvalue weighted by Gasteiger charge is 2.34. The van der Waals surface area contributed by atoms with E-state index in [4.69, 9.17) is 4.98 Å². The Hall–Kier alpha value is -1.46. The highest BCUT2D eigenvalue weighted by atomic mass is 32.1. The molecule has 4 rings (SSSR count). The summed E-state index contributed by atoms with van der Waals surface area (Å²) in [5.74, 6) is 0.227. The Bertz CT molecular complexity index is 674. The molecule has 5 heteroatoms. The largest absolute Gasteiger partial charge is 0.348 e. The second-order valence-electron chi connectivity index (χ2n) is 7.20. The van der Waals surface area contributed by atoms with Crippen LogP contribution in [-0.2, 0) is 4.79 Å². The first-order chi connectivity index (χ1) is 11.8. The fraction of sp³-hybridized carbons (Fsp3) is 0.579. The number of benzene rings is 1. The van der Waals surface area contributed by atoms with Crippen molar-refractivity contribution in [1.29, 1.82) is 0 Å². The molecule has 2 atom stereocenters. The number of nitrogens with one attached hydrogen (secondary N) is 2. The van der Waals surface area contributed by atoms with Gasteiger partial charge in [0.05, 0.1) is 16.8 Å². The minimum atomic E-state index is 0.227. The number of carbonyl (C=O) groups excluding carboxylic acids is 1. The maximum Gasteiger partial charge on any atom is 0.275 e. The Morgan fingerprint density at radius 2 is 2.00 bits per heavy atom. The molecule has 1 saturated heterocycles. The minimum Gasteiger partial charge on any atom is -0.348 e. The normalized spacial score (nSPS) is 25.2. The van der Waals surface area contributed by atoms with Crippen molar-refractivity contribution in [3.63, 3.8) is 0 Å². The van der Waals surface area contributed by atoms with Crippen LogP contribution in [0.1, 0.15) is 56.0 Å². The number of rotatable bonds is 4. The zero-order valence-electron chi connectivity index (χ0n) is 14.1. The molecule has 2 aliphatic rings. The summed E-state index contributed by atoms with van der Waals surface area (Å²) in [7, 11) is 0. The van der Waals surface area contributed by atoms with Gasteiger partial charge in [-0.25, -0.2) is 4.98 Å². The van der Waals surface area contributed by atoms with Gasteiger partial charge in [-0.15, -0.1) is 11.3 Å². The molecule has 1 saturated carbocycles. The maximum absolute atomic E-state index is 12.5. The number of likely N-dealkylation sites (tertiary alicyclic amines) is 1. The summed E-state index contributed by atoms with van der Waals surface area (Å²) < 4.78 is 1.26. The Balaban J connectivity index is 1.41. The lowest BCUT2D eigenvalue weighted by Gasteiger charge is -2.24. The van der Waals surface area contributed by atoms with Gasteiger partial charge in [-0.2, -0.15) is 0 Å². The van der Waals surface area contributed by atoms with Gasteiger partial charge in [-0.1, -0.05) is 31.4 Å². The van der Waals surface area contributed by atoms with Crippen molar-refractivity contribution in [2.24, 2.45) is 0 Å². The molecular formula is C19H26N3OS+. The molecule has 2 heterocycles. The first-order valence-electron chi connectivity index (χ1n) is 9.29. The average Bonchev–Trinajstić information content (AvgIpc) is 3.21. The van der Waals surface area contributed by atoms with E-state index in [1.807, 2.05) is 6.07 Å². The summed E-state index contributed by atoms with van der Waals surface area (Å²) in [6.07, 6.45) is 8.48. The molecule has 24 heavy (non-hydrogen) atoms. The molecule has 2 fully saturated rings. The molecule has 2 N–H and O–H groups in total. The van der Waals surface area contributed by atoms with Crippen LogP contribution in [0.15, 0.2) is 24.3 Å². The van der Waals surface area contributed by atoms with E-state index >= 15 is 0 Å². The molecular weight excluding hydrogens is 318 g/mol. The highest BCUT2D eigenvalue weighted by molar-refractivity contribution is 7.18. The van der Waals surface area contributed by atoms with Crippen molar-refractivity contribution in [3.05, 3.63) is 29.3 Å². The first-order valence-corrected chi connectivity index (χ1v) is 10.1. The zero-order valence-corrected chi connectivity index (χ0v) is 14.9. The summed E-state index contributed by atoms with van der Waals surface area (Å²) >= 11 is 1.80. The van der Waals surface area contributed by atoms with Crippen LogP contribution in [0, 0.1) is 0 Å². The van der Waals surface area contributed by atoms with E-state index in [-0.39, 0.29) is 5.91 Å². The molecule has 0 radical (unpaired) electrons. The van der Waals surface area contributed by atoms with Gasteiger partial charge in [0.2, 0.25) is 0 Å². The van der Waals surface area contributed by atoms with Crippen LogP contribution in [0.2, 0.25) is 0 Å². The van der Waals surface area contributed by atoms with Crippen LogP contribution in [0.25, 0.3) is 10.2 Å². The number of hydrogen-bond donors (Lipinski definition) is 2. The minimum absolute atomic E-state index is 0.227. The molecule has 128 valence electrons. The number of amides is 1. The quantitative estimate of drug-likeness (QED) is 0.895. The number of fused-ring (bicyclic) bond motifs is 1. The smallest absolute Gasteiger partial charge is 0.275 e.